The lowest BCUT2D eigenvalue weighted by Gasteiger charge is -2.14. The molecule has 8 heteroatoms. The highest BCUT2D eigenvalue weighted by Gasteiger charge is 2.08. The zero-order chi connectivity index (χ0) is 18.9. The van der Waals surface area contributed by atoms with Crippen LogP contribution in [0, 0.1) is 6.92 Å². The summed E-state index contributed by atoms with van der Waals surface area (Å²) in [4.78, 5) is 16.3. The maximum atomic E-state index is 12.2. The molecule has 0 spiro atoms. The standard InChI is InChI=1S/C19H23BrN4O2.HI/c1-13-8-9-15(20)10-16(13)24-18(25)12-23-19(21-2)22-11-14-6-4-5-7-17(14)26-3;/h4-10H,11-12H2,1-3H3,(H,24,25)(H2,21,22,23);1H. The Labute approximate surface area is 185 Å². The Kier molecular flexibility index (Phi) is 10.2. The number of anilines is 1. The number of aliphatic imine (C=N–C) groups is 1. The zero-order valence-electron chi connectivity index (χ0n) is 15.5. The molecular formula is C19H24BrIN4O2. The van der Waals surface area contributed by atoms with E-state index in [1.54, 1.807) is 14.2 Å². The van der Waals surface area contributed by atoms with Crippen LogP contribution in [0.15, 0.2) is 51.9 Å². The molecule has 6 nitrogen and oxygen atoms in total. The summed E-state index contributed by atoms with van der Waals surface area (Å²) in [6.45, 7) is 2.59. The first-order chi connectivity index (χ1) is 12.5. The van der Waals surface area contributed by atoms with Crippen molar-refractivity contribution >= 4 is 57.5 Å². The molecule has 0 aliphatic carbocycles. The number of benzene rings is 2. The van der Waals surface area contributed by atoms with Crippen molar-refractivity contribution in [3.05, 3.63) is 58.1 Å². The van der Waals surface area contributed by atoms with Gasteiger partial charge in [0.2, 0.25) is 5.91 Å². The Bertz CT molecular complexity index is 799. The number of guanidine groups is 1. The van der Waals surface area contributed by atoms with E-state index in [-0.39, 0.29) is 36.4 Å². The molecule has 0 unspecified atom stereocenters. The number of carbonyl (C=O) groups excluding carboxylic acids is 1. The average molecular weight is 547 g/mol. The molecular weight excluding hydrogens is 523 g/mol. The summed E-state index contributed by atoms with van der Waals surface area (Å²) >= 11 is 3.41. The van der Waals surface area contributed by atoms with E-state index >= 15 is 0 Å². The van der Waals surface area contributed by atoms with Gasteiger partial charge < -0.3 is 20.7 Å². The minimum absolute atomic E-state index is 0. The fourth-order valence-electron chi connectivity index (χ4n) is 2.34. The van der Waals surface area contributed by atoms with Crippen LogP contribution in [-0.2, 0) is 11.3 Å². The Balaban J connectivity index is 0.00000364. The molecule has 0 aromatic heterocycles. The molecule has 0 fully saturated rings. The van der Waals surface area contributed by atoms with Crippen molar-refractivity contribution in [3.63, 3.8) is 0 Å². The van der Waals surface area contributed by atoms with Crippen molar-refractivity contribution in [2.75, 3.05) is 26.0 Å². The molecule has 27 heavy (non-hydrogen) atoms. The molecule has 0 saturated carbocycles. The van der Waals surface area contributed by atoms with Crippen LogP contribution >= 0.6 is 39.9 Å². The number of ether oxygens (including phenoxy) is 1. The number of halogens is 2. The van der Waals surface area contributed by atoms with Crippen LogP contribution in [0.2, 0.25) is 0 Å². The van der Waals surface area contributed by atoms with Crippen LogP contribution in [0.25, 0.3) is 0 Å². The highest BCUT2D eigenvalue weighted by Crippen LogP contribution is 2.20. The summed E-state index contributed by atoms with van der Waals surface area (Å²) in [7, 11) is 3.30. The first kappa shape index (κ1) is 23.2. The third kappa shape index (κ3) is 7.37. The number of carbonyl (C=O) groups is 1. The molecule has 2 aromatic carbocycles. The SMILES string of the molecule is CN=C(NCC(=O)Nc1cc(Br)ccc1C)NCc1ccccc1OC.I. The Morgan fingerprint density at radius 1 is 1.19 bits per heavy atom. The largest absolute Gasteiger partial charge is 0.496 e. The predicted octanol–water partition coefficient (Wildman–Crippen LogP) is 3.69. The number of hydrogen-bond donors (Lipinski definition) is 3. The van der Waals surface area contributed by atoms with Gasteiger partial charge >= 0.3 is 0 Å². The van der Waals surface area contributed by atoms with E-state index in [9.17, 15) is 4.79 Å². The summed E-state index contributed by atoms with van der Waals surface area (Å²) in [5, 5.41) is 9.07. The lowest BCUT2D eigenvalue weighted by atomic mass is 10.2. The van der Waals surface area contributed by atoms with Gasteiger partial charge in [-0.25, -0.2) is 0 Å². The smallest absolute Gasteiger partial charge is 0.243 e. The van der Waals surface area contributed by atoms with Gasteiger partial charge in [-0.15, -0.1) is 24.0 Å². The fraction of sp³-hybridized carbons (Fsp3) is 0.263. The van der Waals surface area contributed by atoms with E-state index in [2.05, 4.69) is 36.9 Å². The molecule has 1 amide bonds. The Morgan fingerprint density at radius 3 is 2.63 bits per heavy atom. The lowest BCUT2D eigenvalue weighted by Crippen LogP contribution is -2.41. The molecule has 0 bridgehead atoms. The summed E-state index contributed by atoms with van der Waals surface area (Å²) < 4.78 is 6.25. The first-order valence-corrected chi connectivity index (χ1v) is 8.95. The van der Waals surface area contributed by atoms with Gasteiger partial charge in [-0.1, -0.05) is 40.2 Å². The molecule has 2 rings (SSSR count). The van der Waals surface area contributed by atoms with Gasteiger partial charge in [0.15, 0.2) is 5.96 Å². The van der Waals surface area contributed by atoms with Crippen LogP contribution in [-0.4, -0.2) is 32.6 Å². The third-order valence-corrected chi connectivity index (χ3v) is 4.25. The monoisotopic (exact) mass is 546 g/mol. The molecule has 0 radical (unpaired) electrons. The third-order valence-electron chi connectivity index (χ3n) is 3.75. The zero-order valence-corrected chi connectivity index (χ0v) is 19.4. The second-order valence-electron chi connectivity index (χ2n) is 5.60. The minimum atomic E-state index is -0.147. The number of para-hydroxylation sites is 1. The van der Waals surface area contributed by atoms with Crippen LogP contribution in [0.5, 0.6) is 5.75 Å². The van der Waals surface area contributed by atoms with Gasteiger partial charge in [-0.05, 0) is 30.7 Å². The van der Waals surface area contributed by atoms with Crippen LogP contribution in [0.1, 0.15) is 11.1 Å². The average Bonchev–Trinajstić information content (AvgIpc) is 2.65. The topological polar surface area (TPSA) is 74.8 Å². The van der Waals surface area contributed by atoms with Crippen molar-refractivity contribution in [3.8, 4) is 5.75 Å². The first-order valence-electron chi connectivity index (χ1n) is 8.16. The number of hydrogen-bond acceptors (Lipinski definition) is 3. The normalized spacial score (nSPS) is 10.6. The number of methoxy groups -OCH3 is 1. The van der Waals surface area contributed by atoms with Gasteiger partial charge in [0.25, 0.3) is 0 Å². The van der Waals surface area contributed by atoms with Gasteiger partial charge in [-0.2, -0.15) is 0 Å². The summed E-state index contributed by atoms with van der Waals surface area (Å²) in [6, 6.07) is 13.5. The van der Waals surface area contributed by atoms with Gasteiger partial charge in [-0.3, -0.25) is 9.79 Å². The van der Waals surface area contributed by atoms with Gasteiger partial charge in [0.05, 0.1) is 13.7 Å². The number of nitrogens with one attached hydrogen (secondary N) is 3. The van der Waals surface area contributed by atoms with E-state index in [1.165, 1.54) is 0 Å². The van der Waals surface area contributed by atoms with Gasteiger partial charge in [0.1, 0.15) is 5.75 Å². The maximum absolute atomic E-state index is 12.2. The lowest BCUT2D eigenvalue weighted by molar-refractivity contribution is -0.115. The minimum Gasteiger partial charge on any atom is -0.496 e. The van der Waals surface area contributed by atoms with E-state index in [0.717, 1.165) is 27.0 Å². The van der Waals surface area contributed by atoms with E-state index < -0.39 is 0 Å². The summed E-state index contributed by atoms with van der Waals surface area (Å²) in [5.41, 5.74) is 2.79. The van der Waals surface area contributed by atoms with Crippen molar-refractivity contribution in [1.29, 1.82) is 0 Å². The number of aryl methyl sites for hydroxylation is 1. The van der Waals surface area contributed by atoms with E-state index in [1.807, 2.05) is 49.4 Å². The number of rotatable bonds is 6. The molecule has 0 heterocycles. The molecule has 0 aliphatic rings. The summed E-state index contributed by atoms with van der Waals surface area (Å²) in [6.07, 6.45) is 0. The van der Waals surface area contributed by atoms with Crippen molar-refractivity contribution < 1.29 is 9.53 Å². The van der Waals surface area contributed by atoms with Crippen LogP contribution < -0.4 is 20.7 Å². The molecule has 0 aliphatic heterocycles. The number of amides is 1. The highest BCUT2D eigenvalue weighted by atomic mass is 127. The number of nitrogens with zero attached hydrogens (tertiary/aromatic N) is 1. The molecule has 0 atom stereocenters. The van der Waals surface area contributed by atoms with E-state index in [0.29, 0.717) is 12.5 Å². The second kappa shape index (κ2) is 11.8. The molecule has 2 aromatic rings. The molecule has 146 valence electrons. The Hall–Kier alpha value is -1.81. The fourth-order valence-corrected chi connectivity index (χ4v) is 2.70. The van der Waals surface area contributed by atoms with Crippen LogP contribution in [0.3, 0.4) is 0 Å². The second-order valence-corrected chi connectivity index (χ2v) is 6.51. The van der Waals surface area contributed by atoms with Crippen molar-refractivity contribution in [1.82, 2.24) is 10.6 Å². The predicted molar refractivity (Wildman–Crippen MR) is 124 cm³/mol. The summed E-state index contributed by atoms with van der Waals surface area (Å²) in [5.74, 6) is 1.20. The highest BCUT2D eigenvalue weighted by molar-refractivity contribution is 14.0. The maximum Gasteiger partial charge on any atom is 0.243 e. The Morgan fingerprint density at radius 2 is 1.93 bits per heavy atom. The molecule has 3 N–H and O–H groups in total. The molecule has 0 saturated heterocycles. The van der Waals surface area contributed by atoms with Crippen molar-refractivity contribution in [2.24, 2.45) is 4.99 Å². The quantitative estimate of drug-likeness (QED) is 0.293. The van der Waals surface area contributed by atoms with Gasteiger partial charge in [0, 0.05) is 29.3 Å². The van der Waals surface area contributed by atoms with E-state index in [4.69, 9.17) is 4.74 Å². The van der Waals surface area contributed by atoms with Crippen LogP contribution in [0.4, 0.5) is 5.69 Å². The van der Waals surface area contributed by atoms with Crippen molar-refractivity contribution in [2.45, 2.75) is 13.5 Å².